The van der Waals surface area contributed by atoms with Crippen molar-refractivity contribution in [2.75, 3.05) is 0 Å². The third kappa shape index (κ3) is 4.22. The van der Waals surface area contributed by atoms with E-state index in [-0.39, 0.29) is 11.9 Å². The Morgan fingerprint density at radius 3 is 2.38 bits per heavy atom. The highest BCUT2D eigenvalue weighted by Crippen LogP contribution is 2.20. The quantitative estimate of drug-likeness (QED) is 0.754. The maximum Gasteiger partial charge on any atom is 0.240 e. The first-order chi connectivity index (χ1) is 7.39. The monoisotopic (exact) mass is 224 g/mol. The third-order valence-corrected chi connectivity index (χ3v) is 3.29. The molecule has 16 heavy (non-hydrogen) atoms. The van der Waals surface area contributed by atoms with E-state index >= 15 is 0 Å². The summed E-state index contributed by atoms with van der Waals surface area (Å²) in [5.74, 6) is 0.457. The fourth-order valence-electron chi connectivity index (χ4n) is 1.50. The van der Waals surface area contributed by atoms with Crippen molar-refractivity contribution in [3.63, 3.8) is 0 Å². The van der Waals surface area contributed by atoms with Crippen LogP contribution in [-0.4, -0.2) is 11.9 Å². The van der Waals surface area contributed by atoms with E-state index in [4.69, 9.17) is 5.26 Å². The molecule has 0 saturated heterocycles. The Balaban J connectivity index is 4.30. The van der Waals surface area contributed by atoms with Crippen LogP contribution in [0.3, 0.4) is 0 Å². The Hall–Kier alpha value is -1.04. The number of hydrogen-bond acceptors (Lipinski definition) is 2. The summed E-state index contributed by atoms with van der Waals surface area (Å²) in [5, 5.41) is 11.9. The zero-order chi connectivity index (χ0) is 12.8. The number of amides is 1. The number of rotatable bonds is 6. The van der Waals surface area contributed by atoms with Crippen molar-refractivity contribution in [3.8, 4) is 6.07 Å². The Morgan fingerprint density at radius 1 is 1.44 bits per heavy atom. The molecule has 0 saturated carbocycles. The van der Waals surface area contributed by atoms with Gasteiger partial charge in [0.05, 0.1) is 6.07 Å². The zero-order valence-electron chi connectivity index (χ0n) is 11.1. The molecular weight excluding hydrogens is 200 g/mol. The van der Waals surface area contributed by atoms with Gasteiger partial charge in [0.2, 0.25) is 5.91 Å². The van der Waals surface area contributed by atoms with Gasteiger partial charge in [-0.25, -0.2) is 0 Å². The molecule has 0 aromatic heterocycles. The van der Waals surface area contributed by atoms with Gasteiger partial charge in [0.25, 0.3) is 0 Å². The van der Waals surface area contributed by atoms with Crippen molar-refractivity contribution in [3.05, 3.63) is 0 Å². The molecule has 3 nitrogen and oxygen atoms in total. The van der Waals surface area contributed by atoms with Crippen LogP contribution in [0.2, 0.25) is 0 Å². The number of nitriles is 1. The molecule has 0 heterocycles. The molecule has 0 bridgehead atoms. The fraction of sp³-hybridized carbons (Fsp3) is 0.846. The number of nitrogens with zero attached hydrogens (tertiary/aromatic N) is 1. The molecule has 0 fully saturated rings. The van der Waals surface area contributed by atoms with Crippen LogP contribution in [-0.2, 0) is 4.79 Å². The van der Waals surface area contributed by atoms with E-state index in [0.717, 1.165) is 12.8 Å². The lowest BCUT2D eigenvalue weighted by molar-refractivity contribution is -0.128. The van der Waals surface area contributed by atoms with E-state index in [2.05, 4.69) is 25.2 Å². The van der Waals surface area contributed by atoms with Gasteiger partial charge in [0.15, 0.2) is 0 Å². The highest BCUT2D eigenvalue weighted by atomic mass is 16.2. The summed E-state index contributed by atoms with van der Waals surface area (Å²) in [6.07, 6.45) is 2.63. The first-order valence-electron chi connectivity index (χ1n) is 6.11. The molecule has 0 rings (SSSR count). The van der Waals surface area contributed by atoms with Crippen LogP contribution < -0.4 is 5.32 Å². The van der Waals surface area contributed by atoms with E-state index in [9.17, 15) is 4.79 Å². The predicted molar refractivity (Wildman–Crippen MR) is 65.7 cm³/mol. The molecule has 3 unspecified atom stereocenters. The van der Waals surface area contributed by atoms with Gasteiger partial charge in [-0.3, -0.25) is 4.79 Å². The van der Waals surface area contributed by atoms with Crippen molar-refractivity contribution in [2.45, 2.75) is 59.9 Å². The molecule has 0 spiro atoms. The molecule has 1 amide bonds. The SMILES string of the molecule is CCC(C)CC(C)NC(=O)C(C)(C#N)CC. The van der Waals surface area contributed by atoms with E-state index in [1.807, 2.05) is 13.8 Å². The zero-order valence-corrected chi connectivity index (χ0v) is 11.1. The summed E-state index contributed by atoms with van der Waals surface area (Å²) >= 11 is 0. The van der Waals surface area contributed by atoms with Crippen LogP contribution in [0.5, 0.6) is 0 Å². The van der Waals surface area contributed by atoms with Crippen molar-refractivity contribution in [1.29, 1.82) is 5.26 Å². The van der Waals surface area contributed by atoms with Crippen LogP contribution >= 0.6 is 0 Å². The number of carbonyl (C=O) groups excluding carboxylic acids is 1. The molecule has 3 heteroatoms. The summed E-state index contributed by atoms with van der Waals surface area (Å²) in [6, 6.07) is 2.23. The van der Waals surface area contributed by atoms with Crippen LogP contribution in [0.25, 0.3) is 0 Å². The first kappa shape index (κ1) is 15.0. The van der Waals surface area contributed by atoms with Gasteiger partial charge in [-0.15, -0.1) is 0 Å². The van der Waals surface area contributed by atoms with Crippen LogP contribution in [0, 0.1) is 22.7 Å². The fourth-order valence-corrected chi connectivity index (χ4v) is 1.50. The van der Waals surface area contributed by atoms with Crippen molar-refractivity contribution in [2.24, 2.45) is 11.3 Å². The lowest BCUT2D eigenvalue weighted by atomic mass is 9.88. The number of carbonyl (C=O) groups is 1. The first-order valence-corrected chi connectivity index (χ1v) is 6.11. The Morgan fingerprint density at radius 2 is 2.00 bits per heavy atom. The molecule has 0 aromatic carbocycles. The van der Waals surface area contributed by atoms with Gasteiger partial charge < -0.3 is 5.32 Å². The molecule has 0 aliphatic rings. The minimum Gasteiger partial charge on any atom is -0.352 e. The van der Waals surface area contributed by atoms with E-state index < -0.39 is 5.41 Å². The van der Waals surface area contributed by atoms with Gasteiger partial charge in [0, 0.05) is 6.04 Å². The van der Waals surface area contributed by atoms with E-state index in [1.165, 1.54) is 0 Å². The van der Waals surface area contributed by atoms with E-state index in [0.29, 0.717) is 12.3 Å². The second kappa shape index (κ2) is 6.52. The average Bonchev–Trinajstić information content (AvgIpc) is 2.27. The molecule has 92 valence electrons. The Bertz CT molecular complexity index is 270. The summed E-state index contributed by atoms with van der Waals surface area (Å²) in [7, 11) is 0. The highest BCUT2D eigenvalue weighted by molar-refractivity contribution is 5.85. The van der Waals surface area contributed by atoms with E-state index in [1.54, 1.807) is 6.92 Å². The largest absolute Gasteiger partial charge is 0.352 e. The van der Waals surface area contributed by atoms with Gasteiger partial charge in [-0.1, -0.05) is 27.2 Å². The lowest BCUT2D eigenvalue weighted by Gasteiger charge is -2.23. The minimum atomic E-state index is -0.885. The lowest BCUT2D eigenvalue weighted by Crippen LogP contribution is -2.42. The van der Waals surface area contributed by atoms with Gasteiger partial charge in [0.1, 0.15) is 5.41 Å². The molecule has 0 radical (unpaired) electrons. The topological polar surface area (TPSA) is 52.9 Å². The molecule has 0 aliphatic carbocycles. The normalized spacial score (nSPS) is 18.0. The van der Waals surface area contributed by atoms with Gasteiger partial charge >= 0.3 is 0 Å². The Kier molecular flexibility index (Phi) is 6.10. The Labute approximate surface area is 99.2 Å². The smallest absolute Gasteiger partial charge is 0.240 e. The highest BCUT2D eigenvalue weighted by Gasteiger charge is 2.31. The molecule has 0 aliphatic heterocycles. The summed E-state index contributed by atoms with van der Waals surface area (Å²) in [5.41, 5.74) is -0.885. The summed E-state index contributed by atoms with van der Waals surface area (Å²) in [6.45, 7) is 9.87. The third-order valence-electron chi connectivity index (χ3n) is 3.29. The summed E-state index contributed by atoms with van der Waals surface area (Å²) in [4.78, 5) is 11.9. The van der Waals surface area contributed by atoms with Gasteiger partial charge in [-0.2, -0.15) is 5.26 Å². The summed E-state index contributed by atoms with van der Waals surface area (Å²) < 4.78 is 0. The number of hydrogen-bond donors (Lipinski definition) is 1. The second-order valence-corrected chi connectivity index (χ2v) is 4.92. The molecule has 0 aromatic rings. The average molecular weight is 224 g/mol. The number of nitrogens with one attached hydrogen (secondary N) is 1. The van der Waals surface area contributed by atoms with Crippen LogP contribution in [0.4, 0.5) is 0 Å². The maximum absolute atomic E-state index is 11.9. The van der Waals surface area contributed by atoms with Crippen LogP contribution in [0.1, 0.15) is 53.9 Å². The maximum atomic E-state index is 11.9. The standard InChI is InChI=1S/C13H24N2O/c1-6-10(3)8-11(4)15-12(16)13(5,7-2)9-14/h10-11H,6-8H2,1-5H3,(H,15,16). The molecule has 1 N–H and O–H groups in total. The van der Waals surface area contributed by atoms with Crippen LogP contribution in [0.15, 0.2) is 0 Å². The van der Waals surface area contributed by atoms with Crippen molar-refractivity contribution < 1.29 is 4.79 Å². The van der Waals surface area contributed by atoms with Crippen molar-refractivity contribution in [1.82, 2.24) is 5.32 Å². The predicted octanol–water partition coefficient (Wildman–Crippen LogP) is 2.87. The molecule has 3 atom stereocenters. The molecular formula is C13H24N2O. The minimum absolute atomic E-state index is 0.140. The van der Waals surface area contributed by atoms with Gasteiger partial charge in [-0.05, 0) is 32.6 Å². The second-order valence-electron chi connectivity index (χ2n) is 4.92. The van der Waals surface area contributed by atoms with Crippen molar-refractivity contribution >= 4 is 5.91 Å².